The van der Waals surface area contributed by atoms with Crippen LogP contribution in [0.1, 0.15) is 49.3 Å². The predicted molar refractivity (Wildman–Crippen MR) is 129 cm³/mol. The number of aryl methyl sites for hydroxylation is 1. The van der Waals surface area contributed by atoms with Crippen molar-refractivity contribution in [1.29, 1.82) is 0 Å². The number of carbonyl (C=O) groups is 2. The summed E-state index contributed by atoms with van der Waals surface area (Å²) in [5.41, 5.74) is 3.42. The number of carbonyl (C=O) groups excluding carboxylic acids is 2. The summed E-state index contributed by atoms with van der Waals surface area (Å²) >= 11 is 7.60. The van der Waals surface area contributed by atoms with Crippen LogP contribution >= 0.6 is 23.4 Å². The first-order chi connectivity index (χ1) is 14.9. The predicted octanol–water partition coefficient (Wildman–Crippen LogP) is 5.36. The van der Waals surface area contributed by atoms with E-state index in [9.17, 15) is 9.59 Å². The first-order valence-corrected chi connectivity index (χ1v) is 12.4. The topological polar surface area (TPSA) is 49.4 Å². The highest BCUT2D eigenvalue weighted by atomic mass is 35.5. The second-order valence-electron chi connectivity index (χ2n) is 8.23. The van der Waals surface area contributed by atoms with Crippen molar-refractivity contribution >= 4 is 35.2 Å². The summed E-state index contributed by atoms with van der Waals surface area (Å²) in [4.78, 5) is 27.8. The first kappa shape index (κ1) is 23.7. The fourth-order valence-electron chi connectivity index (χ4n) is 3.86. The van der Waals surface area contributed by atoms with Gasteiger partial charge in [0.25, 0.3) is 0 Å². The lowest BCUT2D eigenvalue weighted by molar-refractivity contribution is -0.138. The molecule has 2 amide bonds. The third-order valence-corrected chi connectivity index (χ3v) is 7.10. The van der Waals surface area contributed by atoms with E-state index in [2.05, 4.69) is 24.4 Å². The van der Waals surface area contributed by atoms with Crippen LogP contribution in [-0.4, -0.2) is 34.6 Å². The molecule has 0 bridgehead atoms. The first-order valence-electron chi connectivity index (χ1n) is 10.9. The van der Waals surface area contributed by atoms with Crippen LogP contribution in [0.4, 0.5) is 0 Å². The van der Waals surface area contributed by atoms with E-state index in [1.807, 2.05) is 43.3 Å². The molecule has 0 unspecified atom stereocenters. The Balaban J connectivity index is 1.65. The SMILES string of the molecule is Cc1ccccc1CSCC(=O)N(Cc1ccc(Cl)cc1)[C@@H](C)C(=O)NC1CCCC1. The summed E-state index contributed by atoms with van der Waals surface area (Å²) in [5, 5.41) is 3.79. The van der Waals surface area contributed by atoms with Gasteiger partial charge in [-0.3, -0.25) is 9.59 Å². The van der Waals surface area contributed by atoms with Gasteiger partial charge in [0.05, 0.1) is 5.75 Å². The summed E-state index contributed by atoms with van der Waals surface area (Å²) in [6, 6.07) is 15.4. The summed E-state index contributed by atoms with van der Waals surface area (Å²) in [5.74, 6) is 1.01. The minimum Gasteiger partial charge on any atom is -0.352 e. The van der Waals surface area contributed by atoms with E-state index in [1.54, 1.807) is 16.7 Å². The molecule has 4 nitrogen and oxygen atoms in total. The molecule has 1 N–H and O–H groups in total. The van der Waals surface area contributed by atoms with E-state index in [0.717, 1.165) is 37.0 Å². The van der Waals surface area contributed by atoms with Gasteiger partial charge in [-0.2, -0.15) is 0 Å². The molecule has 0 spiro atoms. The van der Waals surface area contributed by atoms with Crippen molar-refractivity contribution in [2.24, 2.45) is 0 Å². The number of nitrogens with one attached hydrogen (secondary N) is 1. The van der Waals surface area contributed by atoms with Gasteiger partial charge >= 0.3 is 0 Å². The highest BCUT2D eigenvalue weighted by Crippen LogP contribution is 2.20. The van der Waals surface area contributed by atoms with Crippen LogP contribution < -0.4 is 5.32 Å². The van der Waals surface area contributed by atoms with E-state index >= 15 is 0 Å². The standard InChI is InChI=1S/C25H31ClN2O2S/c1-18-7-3-4-8-21(18)16-31-17-24(29)28(15-20-11-13-22(26)14-12-20)19(2)25(30)27-23-9-5-6-10-23/h3-4,7-8,11-14,19,23H,5-6,9-10,15-17H2,1-2H3,(H,27,30)/t19-/m0/s1. The van der Waals surface area contributed by atoms with Gasteiger partial charge in [-0.25, -0.2) is 0 Å². The summed E-state index contributed by atoms with van der Waals surface area (Å²) in [6.45, 7) is 4.30. The van der Waals surface area contributed by atoms with Crippen LogP contribution in [0, 0.1) is 6.92 Å². The molecule has 0 radical (unpaired) electrons. The maximum atomic E-state index is 13.2. The second-order valence-corrected chi connectivity index (χ2v) is 9.66. The Hall–Kier alpha value is -1.98. The third-order valence-electron chi connectivity index (χ3n) is 5.88. The van der Waals surface area contributed by atoms with Gasteiger partial charge in [-0.1, -0.05) is 60.8 Å². The Kier molecular flexibility index (Phi) is 8.85. The molecule has 0 saturated heterocycles. The van der Waals surface area contributed by atoms with E-state index in [4.69, 9.17) is 11.6 Å². The molecule has 2 aromatic carbocycles. The number of rotatable bonds is 9. The van der Waals surface area contributed by atoms with Gasteiger partial charge in [0.15, 0.2) is 0 Å². The molecule has 1 aliphatic rings. The van der Waals surface area contributed by atoms with Crippen LogP contribution in [-0.2, 0) is 21.9 Å². The number of hydrogen-bond donors (Lipinski definition) is 1. The molecule has 1 aliphatic carbocycles. The Bertz CT molecular complexity index is 881. The number of hydrogen-bond acceptors (Lipinski definition) is 3. The van der Waals surface area contributed by atoms with E-state index in [1.165, 1.54) is 11.1 Å². The number of nitrogens with zero attached hydrogens (tertiary/aromatic N) is 1. The Labute approximate surface area is 194 Å². The minimum absolute atomic E-state index is 0.0254. The van der Waals surface area contributed by atoms with Crippen molar-refractivity contribution in [2.45, 2.75) is 63.9 Å². The van der Waals surface area contributed by atoms with E-state index in [-0.39, 0.29) is 17.9 Å². The van der Waals surface area contributed by atoms with Crippen LogP contribution in [0.25, 0.3) is 0 Å². The average Bonchev–Trinajstić information content (AvgIpc) is 3.27. The molecule has 1 saturated carbocycles. The zero-order valence-electron chi connectivity index (χ0n) is 18.3. The molecule has 2 aromatic rings. The summed E-state index contributed by atoms with van der Waals surface area (Å²) < 4.78 is 0. The summed E-state index contributed by atoms with van der Waals surface area (Å²) in [7, 11) is 0. The molecule has 0 aromatic heterocycles. The molecule has 166 valence electrons. The molecule has 6 heteroatoms. The zero-order valence-corrected chi connectivity index (χ0v) is 19.8. The number of amides is 2. The van der Waals surface area contributed by atoms with Crippen LogP contribution in [0.15, 0.2) is 48.5 Å². The maximum Gasteiger partial charge on any atom is 0.242 e. The molecule has 0 heterocycles. The number of halogens is 1. The minimum atomic E-state index is -0.525. The van der Waals surface area contributed by atoms with Gasteiger partial charge in [0.1, 0.15) is 6.04 Å². The highest BCUT2D eigenvalue weighted by Gasteiger charge is 2.28. The van der Waals surface area contributed by atoms with Crippen molar-refractivity contribution in [1.82, 2.24) is 10.2 Å². The van der Waals surface area contributed by atoms with Gasteiger partial charge in [0.2, 0.25) is 11.8 Å². The third kappa shape index (κ3) is 7.01. The van der Waals surface area contributed by atoms with Crippen molar-refractivity contribution in [3.05, 3.63) is 70.2 Å². The molecular weight excluding hydrogens is 428 g/mol. The quantitative estimate of drug-likeness (QED) is 0.550. The lowest BCUT2D eigenvalue weighted by Gasteiger charge is -2.29. The summed E-state index contributed by atoms with van der Waals surface area (Å²) in [6.07, 6.45) is 4.36. The van der Waals surface area contributed by atoms with Gasteiger partial charge in [-0.05, 0) is 55.5 Å². The highest BCUT2D eigenvalue weighted by molar-refractivity contribution is 7.99. The maximum absolute atomic E-state index is 13.2. The molecule has 3 rings (SSSR count). The van der Waals surface area contributed by atoms with Crippen molar-refractivity contribution in [2.75, 3.05) is 5.75 Å². The lowest BCUT2D eigenvalue weighted by atomic mass is 10.1. The lowest BCUT2D eigenvalue weighted by Crippen LogP contribution is -2.50. The Morgan fingerprint density at radius 1 is 1.13 bits per heavy atom. The Morgan fingerprint density at radius 3 is 2.48 bits per heavy atom. The second kappa shape index (κ2) is 11.6. The largest absolute Gasteiger partial charge is 0.352 e. The van der Waals surface area contributed by atoms with Crippen LogP contribution in [0.3, 0.4) is 0 Å². The van der Waals surface area contributed by atoms with Crippen molar-refractivity contribution < 1.29 is 9.59 Å². The monoisotopic (exact) mass is 458 g/mol. The average molecular weight is 459 g/mol. The van der Waals surface area contributed by atoms with Gasteiger partial charge in [-0.15, -0.1) is 11.8 Å². The fourth-order valence-corrected chi connectivity index (χ4v) is 4.98. The molecule has 0 aliphatic heterocycles. The normalized spacial score (nSPS) is 14.9. The van der Waals surface area contributed by atoms with E-state index in [0.29, 0.717) is 17.3 Å². The molecule has 1 atom stereocenters. The zero-order chi connectivity index (χ0) is 22.2. The number of thioether (sulfide) groups is 1. The van der Waals surface area contributed by atoms with Crippen molar-refractivity contribution in [3.8, 4) is 0 Å². The van der Waals surface area contributed by atoms with Gasteiger partial charge in [0, 0.05) is 23.4 Å². The van der Waals surface area contributed by atoms with Crippen LogP contribution in [0.2, 0.25) is 5.02 Å². The Morgan fingerprint density at radius 2 is 1.81 bits per heavy atom. The molecule has 1 fully saturated rings. The smallest absolute Gasteiger partial charge is 0.242 e. The van der Waals surface area contributed by atoms with Gasteiger partial charge < -0.3 is 10.2 Å². The van der Waals surface area contributed by atoms with E-state index < -0.39 is 6.04 Å². The fraction of sp³-hybridized carbons (Fsp3) is 0.440. The molecule has 31 heavy (non-hydrogen) atoms. The van der Waals surface area contributed by atoms with Crippen LogP contribution in [0.5, 0.6) is 0 Å². The molecular formula is C25H31ClN2O2S. The number of benzene rings is 2. The van der Waals surface area contributed by atoms with Crippen molar-refractivity contribution in [3.63, 3.8) is 0 Å².